The monoisotopic (exact) mass is 347 g/mol. The zero-order valence-corrected chi connectivity index (χ0v) is 14.2. The minimum absolute atomic E-state index is 0.0137. The van der Waals surface area contributed by atoms with Crippen molar-refractivity contribution in [1.82, 2.24) is 10.2 Å². The highest BCUT2D eigenvalue weighted by Gasteiger charge is 2.62. The first-order valence-corrected chi connectivity index (χ1v) is 9.14. The second kappa shape index (κ2) is 5.01. The molecule has 5 aliphatic rings. The summed E-state index contributed by atoms with van der Waals surface area (Å²) in [7, 11) is 0. The Kier molecular flexibility index (Phi) is 3.15. The molecule has 3 N–H and O–H groups in total. The van der Waals surface area contributed by atoms with E-state index in [4.69, 9.17) is 5.73 Å². The summed E-state index contributed by atoms with van der Waals surface area (Å²) in [6, 6.07) is 2.41. The van der Waals surface area contributed by atoms with Crippen LogP contribution in [0.4, 0.5) is 8.78 Å². The van der Waals surface area contributed by atoms with Gasteiger partial charge >= 0.3 is 0 Å². The first-order valence-electron chi connectivity index (χ1n) is 9.14. The molecule has 1 aliphatic heterocycles. The molecule has 0 saturated heterocycles. The standard InChI is InChI=1S/C19H23F2N3O/c20-15-2-12-8-24(9-13(12)3-16(15)21)17(25)7-23-18-4-11-1-14(6-18)19(22,5-11)10-18/h2-3,11,14,23H,1,4-10,22H2. The van der Waals surface area contributed by atoms with E-state index in [2.05, 4.69) is 5.32 Å². The summed E-state index contributed by atoms with van der Waals surface area (Å²) in [6.45, 7) is 0.979. The molecule has 6 heteroatoms. The van der Waals surface area contributed by atoms with Crippen molar-refractivity contribution in [3.05, 3.63) is 34.9 Å². The van der Waals surface area contributed by atoms with Crippen LogP contribution in [0.3, 0.4) is 0 Å². The van der Waals surface area contributed by atoms with Crippen LogP contribution in [-0.2, 0) is 17.9 Å². The quantitative estimate of drug-likeness (QED) is 0.880. The van der Waals surface area contributed by atoms with E-state index in [1.54, 1.807) is 4.90 Å². The molecule has 1 heterocycles. The molecule has 4 aliphatic carbocycles. The maximum atomic E-state index is 13.4. The Labute approximate surface area is 145 Å². The average Bonchev–Trinajstić information content (AvgIpc) is 3.10. The Morgan fingerprint density at radius 3 is 2.48 bits per heavy atom. The molecule has 4 atom stereocenters. The second-order valence-corrected chi connectivity index (χ2v) is 8.74. The van der Waals surface area contributed by atoms with Crippen molar-refractivity contribution in [2.24, 2.45) is 17.6 Å². The zero-order valence-electron chi connectivity index (χ0n) is 14.2. The number of halogens is 2. The van der Waals surface area contributed by atoms with Gasteiger partial charge in [-0.2, -0.15) is 0 Å². The maximum absolute atomic E-state index is 13.4. The molecular formula is C19H23F2N3O. The van der Waals surface area contributed by atoms with Crippen LogP contribution < -0.4 is 11.1 Å². The summed E-state index contributed by atoms with van der Waals surface area (Å²) in [5.41, 5.74) is 7.96. The van der Waals surface area contributed by atoms with Crippen LogP contribution in [0.2, 0.25) is 0 Å². The lowest BCUT2D eigenvalue weighted by molar-refractivity contribution is -0.131. The fourth-order valence-electron chi connectivity index (χ4n) is 6.11. The van der Waals surface area contributed by atoms with E-state index in [1.165, 1.54) is 18.6 Å². The summed E-state index contributed by atoms with van der Waals surface area (Å²) < 4.78 is 26.7. The van der Waals surface area contributed by atoms with E-state index in [9.17, 15) is 13.6 Å². The SMILES string of the molecule is NC12CC3CC1CC(NCC(=O)N1Cc4cc(F)c(F)cc4C1)(C3)C2. The number of nitrogens with zero attached hydrogens (tertiary/aromatic N) is 1. The van der Waals surface area contributed by atoms with Crippen LogP contribution in [0, 0.1) is 23.5 Å². The lowest BCUT2D eigenvalue weighted by Crippen LogP contribution is -2.54. The first kappa shape index (κ1) is 15.7. The minimum Gasteiger partial charge on any atom is -0.333 e. The molecule has 0 aromatic heterocycles. The van der Waals surface area contributed by atoms with Crippen molar-refractivity contribution in [1.29, 1.82) is 0 Å². The normalized spacial score (nSPS) is 37.8. The Bertz CT molecular complexity index is 738. The van der Waals surface area contributed by atoms with Gasteiger partial charge < -0.3 is 16.0 Å². The Balaban J connectivity index is 1.24. The number of fused-ring (bicyclic) bond motifs is 1. The van der Waals surface area contributed by atoms with Gasteiger partial charge in [0, 0.05) is 24.2 Å². The summed E-state index contributed by atoms with van der Waals surface area (Å²) in [4.78, 5) is 14.3. The largest absolute Gasteiger partial charge is 0.333 e. The van der Waals surface area contributed by atoms with Gasteiger partial charge in [0.2, 0.25) is 5.91 Å². The Morgan fingerprint density at radius 2 is 1.88 bits per heavy atom. The Hall–Kier alpha value is -1.53. The molecule has 1 aromatic carbocycles. The highest BCUT2D eigenvalue weighted by molar-refractivity contribution is 5.79. The number of hydrogen-bond acceptors (Lipinski definition) is 3. The highest BCUT2D eigenvalue weighted by atomic mass is 19.2. The smallest absolute Gasteiger partial charge is 0.237 e. The molecule has 134 valence electrons. The fraction of sp³-hybridized carbons (Fsp3) is 0.632. The van der Waals surface area contributed by atoms with Crippen molar-refractivity contribution in [3.63, 3.8) is 0 Å². The minimum atomic E-state index is -0.850. The number of hydrogen-bond donors (Lipinski definition) is 2. The van der Waals surface area contributed by atoms with Gasteiger partial charge in [0.1, 0.15) is 0 Å². The molecule has 4 fully saturated rings. The van der Waals surface area contributed by atoms with E-state index in [-0.39, 0.29) is 23.5 Å². The molecule has 0 spiro atoms. The topological polar surface area (TPSA) is 58.4 Å². The second-order valence-electron chi connectivity index (χ2n) is 8.74. The van der Waals surface area contributed by atoms with Crippen LogP contribution >= 0.6 is 0 Å². The number of rotatable bonds is 3. The summed E-state index contributed by atoms with van der Waals surface area (Å²) >= 11 is 0. The molecule has 4 saturated carbocycles. The summed E-state index contributed by atoms with van der Waals surface area (Å²) in [6.07, 6.45) is 5.53. The maximum Gasteiger partial charge on any atom is 0.237 e. The van der Waals surface area contributed by atoms with Gasteiger partial charge in [-0.05, 0) is 67.2 Å². The number of nitrogens with one attached hydrogen (secondary N) is 1. The van der Waals surface area contributed by atoms with E-state index >= 15 is 0 Å². The highest BCUT2D eigenvalue weighted by Crippen LogP contribution is 2.60. The summed E-state index contributed by atoms with van der Waals surface area (Å²) in [5.74, 6) is -0.424. The molecule has 4 bridgehead atoms. The van der Waals surface area contributed by atoms with Gasteiger partial charge in [0.15, 0.2) is 11.6 Å². The predicted octanol–water partition coefficient (Wildman–Crippen LogP) is 2.06. The number of carbonyl (C=O) groups is 1. The van der Waals surface area contributed by atoms with Crippen LogP contribution in [-0.4, -0.2) is 28.4 Å². The first-order chi connectivity index (χ1) is 11.9. The van der Waals surface area contributed by atoms with Crippen molar-refractivity contribution in [3.8, 4) is 0 Å². The van der Waals surface area contributed by atoms with Crippen molar-refractivity contribution in [2.45, 2.75) is 56.3 Å². The molecule has 25 heavy (non-hydrogen) atoms. The molecule has 0 radical (unpaired) electrons. The van der Waals surface area contributed by atoms with Crippen LogP contribution in [0.15, 0.2) is 12.1 Å². The molecular weight excluding hydrogens is 324 g/mol. The van der Waals surface area contributed by atoms with Crippen LogP contribution in [0.1, 0.15) is 43.2 Å². The average molecular weight is 347 g/mol. The van der Waals surface area contributed by atoms with Gasteiger partial charge in [0.25, 0.3) is 0 Å². The Morgan fingerprint density at radius 1 is 1.20 bits per heavy atom. The van der Waals surface area contributed by atoms with E-state index < -0.39 is 11.6 Å². The lowest BCUT2D eigenvalue weighted by Gasteiger charge is -2.40. The summed E-state index contributed by atoms with van der Waals surface area (Å²) in [5, 5.41) is 3.52. The third-order valence-corrected chi connectivity index (χ3v) is 7.02. The molecule has 4 nitrogen and oxygen atoms in total. The number of amides is 1. The third-order valence-electron chi connectivity index (χ3n) is 7.02. The number of benzene rings is 1. The third kappa shape index (κ3) is 2.34. The van der Waals surface area contributed by atoms with Crippen LogP contribution in [0.25, 0.3) is 0 Å². The lowest BCUT2D eigenvalue weighted by atomic mass is 9.75. The van der Waals surface area contributed by atoms with Crippen LogP contribution in [0.5, 0.6) is 0 Å². The van der Waals surface area contributed by atoms with Gasteiger partial charge in [-0.25, -0.2) is 8.78 Å². The van der Waals surface area contributed by atoms with Crippen molar-refractivity contribution >= 4 is 5.91 Å². The molecule has 1 amide bonds. The van der Waals surface area contributed by atoms with Crippen molar-refractivity contribution in [2.75, 3.05) is 6.54 Å². The van der Waals surface area contributed by atoms with Gasteiger partial charge in [-0.1, -0.05) is 0 Å². The molecule has 1 aromatic rings. The van der Waals surface area contributed by atoms with E-state index in [0.717, 1.165) is 25.7 Å². The number of carbonyl (C=O) groups excluding carboxylic acids is 1. The van der Waals surface area contributed by atoms with E-state index in [0.29, 0.717) is 36.1 Å². The fourth-order valence-corrected chi connectivity index (χ4v) is 6.11. The number of nitrogens with two attached hydrogens (primary N) is 1. The van der Waals surface area contributed by atoms with Crippen molar-refractivity contribution < 1.29 is 13.6 Å². The molecule has 4 unspecified atom stereocenters. The van der Waals surface area contributed by atoms with Gasteiger partial charge in [-0.3, -0.25) is 4.79 Å². The van der Waals surface area contributed by atoms with Gasteiger partial charge in [-0.15, -0.1) is 0 Å². The van der Waals surface area contributed by atoms with E-state index in [1.807, 2.05) is 0 Å². The molecule has 6 rings (SSSR count). The predicted molar refractivity (Wildman–Crippen MR) is 88.3 cm³/mol. The van der Waals surface area contributed by atoms with Gasteiger partial charge in [0.05, 0.1) is 6.54 Å². The zero-order chi connectivity index (χ0) is 17.4.